The van der Waals surface area contributed by atoms with Gasteiger partial charge in [0.2, 0.25) is 0 Å². The van der Waals surface area contributed by atoms with Crippen LogP contribution in [0, 0.1) is 0 Å². The van der Waals surface area contributed by atoms with E-state index in [0.29, 0.717) is 12.3 Å². The van der Waals surface area contributed by atoms with Gasteiger partial charge in [-0.1, -0.05) is 5.16 Å². The van der Waals surface area contributed by atoms with E-state index in [4.69, 9.17) is 4.52 Å². The fraction of sp³-hybridized carbons (Fsp3) is 0.188. The molecule has 3 rings (SSSR count). The second kappa shape index (κ2) is 6.35. The summed E-state index contributed by atoms with van der Waals surface area (Å²) in [6.45, 7) is 0.685. The monoisotopic (exact) mass is 312 g/mol. The molecule has 118 valence electrons. The Morgan fingerprint density at radius 2 is 2.09 bits per heavy atom. The molecule has 0 bridgehead atoms. The van der Waals surface area contributed by atoms with Gasteiger partial charge in [-0.3, -0.25) is 4.68 Å². The van der Waals surface area contributed by atoms with E-state index in [9.17, 15) is 4.79 Å². The molecule has 3 aromatic rings. The molecule has 2 heterocycles. The lowest BCUT2D eigenvalue weighted by Crippen LogP contribution is -2.05. The molecule has 0 saturated heterocycles. The Labute approximate surface area is 132 Å². The van der Waals surface area contributed by atoms with Gasteiger partial charge in [-0.05, 0) is 30.3 Å². The van der Waals surface area contributed by atoms with Crippen molar-refractivity contribution in [3.8, 4) is 11.3 Å². The molecule has 0 amide bonds. The summed E-state index contributed by atoms with van der Waals surface area (Å²) in [5.74, 6) is -0.00181. The average Bonchev–Trinajstić information content (AvgIpc) is 3.22. The smallest absolute Gasteiger partial charge is 0.360 e. The molecule has 0 aliphatic rings. The van der Waals surface area contributed by atoms with Crippen molar-refractivity contribution in [2.75, 3.05) is 12.4 Å². The highest BCUT2D eigenvalue weighted by molar-refractivity contribution is 5.88. The average molecular weight is 312 g/mol. The molecule has 0 radical (unpaired) electrons. The molecule has 0 spiro atoms. The number of carbonyl (C=O) groups is 1. The van der Waals surface area contributed by atoms with E-state index in [-0.39, 0.29) is 5.69 Å². The number of aromatic nitrogens is 3. The molecule has 0 unspecified atom stereocenters. The van der Waals surface area contributed by atoms with Gasteiger partial charge in [0.15, 0.2) is 11.5 Å². The lowest BCUT2D eigenvalue weighted by atomic mass is 10.1. The fourth-order valence-corrected chi connectivity index (χ4v) is 2.13. The van der Waals surface area contributed by atoms with Crippen LogP contribution in [0.4, 0.5) is 5.69 Å². The number of nitrogens with one attached hydrogen (secondary N) is 1. The first-order valence-electron chi connectivity index (χ1n) is 7.03. The zero-order valence-electron chi connectivity index (χ0n) is 12.8. The zero-order valence-corrected chi connectivity index (χ0v) is 12.8. The van der Waals surface area contributed by atoms with E-state index >= 15 is 0 Å². The van der Waals surface area contributed by atoms with Gasteiger partial charge in [0.1, 0.15) is 0 Å². The van der Waals surface area contributed by atoms with Crippen molar-refractivity contribution in [3.63, 3.8) is 0 Å². The molecular weight excluding hydrogens is 296 g/mol. The number of esters is 1. The van der Waals surface area contributed by atoms with Crippen molar-refractivity contribution in [1.82, 2.24) is 14.9 Å². The van der Waals surface area contributed by atoms with Crippen LogP contribution in [0.5, 0.6) is 0 Å². The molecule has 7 nitrogen and oxygen atoms in total. The Bertz CT molecular complexity index is 805. The largest absolute Gasteiger partial charge is 0.464 e. The number of methoxy groups -OCH3 is 1. The van der Waals surface area contributed by atoms with Crippen LogP contribution >= 0.6 is 0 Å². The summed E-state index contributed by atoms with van der Waals surface area (Å²) in [6.07, 6.45) is 1.77. The Hall–Kier alpha value is -3.09. The van der Waals surface area contributed by atoms with Crippen molar-refractivity contribution in [2.24, 2.45) is 7.05 Å². The second-order valence-corrected chi connectivity index (χ2v) is 4.95. The van der Waals surface area contributed by atoms with Crippen molar-refractivity contribution < 1.29 is 14.1 Å². The van der Waals surface area contributed by atoms with E-state index in [1.54, 1.807) is 12.3 Å². The topological polar surface area (TPSA) is 82.2 Å². The maximum absolute atomic E-state index is 11.4. The van der Waals surface area contributed by atoms with Gasteiger partial charge in [0.05, 0.1) is 19.3 Å². The number of hydrogen-bond donors (Lipinski definition) is 1. The maximum Gasteiger partial charge on any atom is 0.360 e. The molecule has 0 atom stereocenters. The summed E-state index contributed by atoms with van der Waals surface area (Å²) < 4.78 is 11.6. The van der Waals surface area contributed by atoms with Gasteiger partial charge in [-0.15, -0.1) is 0 Å². The van der Waals surface area contributed by atoms with Crippen LogP contribution in [-0.4, -0.2) is 28.0 Å². The lowest BCUT2D eigenvalue weighted by molar-refractivity contribution is 0.0589. The number of rotatable bonds is 5. The zero-order chi connectivity index (χ0) is 16.2. The van der Waals surface area contributed by atoms with E-state index in [2.05, 4.69) is 20.3 Å². The molecular formula is C16H16N4O3. The third kappa shape index (κ3) is 3.23. The van der Waals surface area contributed by atoms with E-state index in [1.165, 1.54) is 7.11 Å². The number of anilines is 1. The molecule has 0 aliphatic heterocycles. The Morgan fingerprint density at radius 1 is 1.30 bits per heavy atom. The maximum atomic E-state index is 11.4. The third-order valence-corrected chi connectivity index (χ3v) is 3.47. The van der Waals surface area contributed by atoms with Crippen LogP contribution in [0.25, 0.3) is 11.3 Å². The number of hydrogen-bond acceptors (Lipinski definition) is 6. The first-order valence-corrected chi connectivity index (χ1v) is 7.03. The number of carbonyl (C=O) groups excluding carboxylic acids is 1. The molecule has 1 N–H and O–H groups in total. The predicted molar refractivity (Wildman–Crippen MR) is 83.8 cm³/mol. The predicted octanol–water partition coefficient (Wildman–Crippen LogP) is 2.47. The van der Waals surface area contributed by atoms with Crippen LogP contribution in [0.15, 0.2) is 47.1 Å². The van der Waals surface area contributed by atoms with E-state index in [1.807, 2.05) is 42.1 Å². The highest BCUT2D eigenvalue weighted by atomic mass is 16.5. The van der Waals surface area contributed by atoms with Gasteiger partial charge in [-0.25, -0.2) is 4.79 Å². The number of ether oxygens (including phenoxy) is 1. The fourth-order valence-electron chi connectivity index (χ4n) is 2.13. The Kier molecular flexibility index (Phi) is 4.09. The first kappa shape index (κ1) is 14.8. The Balaban J connectivity index is 1.68. The van der Waals surface area contributed by atoms with Crippen molar-refractivity contribution in [2.45, 2.75) is 6.54 Å². The quantitative estimate of drug-likeness (QED) is 0.729. The highest BCUT2D eigenvalue weighted by Gasteiger charge is 2.13. The molecule has 0 aliphatic carbocycles. The molecule has 1 aromatic carbocycles. The van der Waals surface area contributed by atoms with Gasteiger partial charge in [0, 0.05) is 30.6 Å². The van der Waals surface area contributed by atoms with Gasteiger partial charge in [-0.2, -0.15) is 5.10 Å². The number of nitrogens with zero attached hydrogens (tertiary/aromatic N) is 3. The van der Waals surface area contributed by atoms with Crippen LogP contribution in [0.1, 0.15) is 16.2 Å². The normalized spacial score (nSPS) is 10.5. The number of benzene rings is 1. The molecule has 2 aromatic heterocycles. The molecule has 0 saturated carbocycles. The standard InChI is InChI=1S/C16H16N4O3/c1-20-13(7-8-18-20)10-17-12-5-3-11(4-6-12)15-9-14(19-23-15)16(21)22-2/h3-9,17H,10H2,1-2H3. The van der Waals surface area contributed by atoms with Gasteiger partial charge >= 0.3 is 5.97 Å². The van der Waals surface area contributed by atoms with Crippen LogP contribution in [0.2, 0.25) is 0 Å². The van der Waals surface area contributed by atoms with Crippen molar-refractivity contribution >= 4 is 11.7 Å². The van der Waals surface area contributed by atoms with Gasteiger partial charge in [0.25, 0.3) is 0 Å². The van der Waals surface area contributed by atoms with Crippen LogP contribution in [-0.2, 0) is 18.3 Å². The minimum atomic E-state index is -0.519. The summed E-state index contributed by atoms with van der Waals surface area (Å²) in [6, 6.07) is 11.2. The van der Waals surface area contributed by atoms with Gasteiger partial charge < -0.3 is 14.6 Å². The number of aryl methyl sites for hydroxylation is 1. The summed E-state index contributed by atoms with van der Waals surface area (Å²) in [7, 11) is 3.21. The highest BCUT2D eigenvalue weighted by Crippen LogP contribution is 2.22. The summed E-state index contributed by atoms with van der Waals surface area (Å²) in [4.78, 5) is 11.4. The molecule has 7 heteroatoms. The van der Waals surface area contributed by atoms with Crippen LogP contribution < -0.4 is 5.32 Å². The van der Waals surface area contributed by atoms with E-state index < -0.39 is 5.97 Å². The Morgan fingerprint density at radius 3 is 2.74 bits per heavy atom. The second-order valence-electron chi connectivity index (χ2n) is 4.95. The SMILES string of the molecule is COC(=O)c1cc(-c2ccc(NCc3ccnn3C)cc2)on1. The van der Waals surface area contributed by atoms with E-state index in [0.717, 1.165) is 16.9 Å². The first-order chi connectivity index (χ1) is 11.2. The molecule has 0 fully saturated rings. The van der Waals surface area contributed by atoms with Crippen LogP contribution in [0.3, 0.4) is 0 Å². The van der Waals surface area contributed by atoms with Crippen molar-refractivity contribution in [3.05, 3.63) is 54.0 Å². The third-order valence-electron chi connectivity index (χ3n) is 3.47. The summed E-state index contributed by atoms with van der Waals surface area (Å²) in [5.41, 5.74) is 3.05. The summed E-state index contributed by atoms with van der Waals surface area (Å²) >= 11 is 0. The van der Waals surface area contributed by atoms with Crippen molar-refractivity contribution in [1.29, 1.82) is 0 Å². The summed E-state index contributed by atoms with van der Waals surface area (Å²) in [5, 5.41) is 11.1. The minimum Gasteiger partial charge on any atom is -0.464 e. The lowest BCUT2D eigenvalue weighted by Gasteiger charge is -2.07. The minimum absolute atomic E-state index is 0.154. The molecule has 23 heavy (non-hydrogen) atoms.